The third-order valence-corrected chi connectivity index (χ3v) is 4.89. The molecule has 2 rings (SSSR count). The van der Waals surface area contributed by atoms with Crippen LogP contribution in [0.4, 0.5) is 4.39 Å². The van der Waals surface area contributed by atoms with Gasteiger partial charge in [0.15, 0.2) is 0 Å². The Morgan fingerprint density at radius 2 is 2.04 bits per heavy atom. The lowest BCUT2D eigenvalue weighted by Crippen LogP contribution is -2.50. The van der Waals surface area contributed by atoms with Gasteiger partial charge in [0.1, 0.15) is 12.7 Å². The van der Waals surface area contributed by atoms with Gasteiger partial charge in [0.05, 0.1) is 18.8 Å². The summed E-state index contributed by atoms with van der Waals surface area (Å²) in [7, 11) is 0. The summed E-state index contributed by atoms with van der Waals surface area (Å²) >= 11 is 12.1. The van der Waals surface area contributed by atoms with Crippen LogP contribution in [0.15, 0.2) is 30.9 Å². The summed E-state index contributed by atoms with van der Waals surface area (Å²) in [6, 6.07) is 5.23. The summed E-state index contributed by atoms with van der Waals surface area (Å²) in [6.45, 7) is 2.92. The van der Waals surface area contributed by atoms with Gasteiger partial charge < -0.3 is 5.11 Å². The second-order valence-corrected chi connectivity index (χ2v) is 7.22. The van der Waals surface area contributed by atoms with Crippen molar-refractivity contribution in [1.29, 1.82) is 0 Å². The molecule has 0 bridgehead atoms. The quantitative estimate of drug-likeness (QED) is 0.814. The van der Waals surface area contributed by atoms with Crippen molar-refractivity contribution in [2.24, 2.45) is 5.41 Å². The minimum atomic E-state index is -1.29. The monoisotopic (exact) mass is 359 g/mol. The van der Waals surface area contributed by atoms with Gasteiger partial charge in [-0.2, -0.15) is 5.10 Å². The number of rotatable bonds is 7. The molecule has 0 spiro atoms. The highest BCUT2D eigenvalue weighted by atomic mass is 35.5. The Morgan fingerprint density at radius 3 is 2.61 bits per heavy atom. The Kier molecular flexibility index (Phi) is 5.65. The van der Waals surface area contributed by atoms with E-state index in [0.29, 0.717) is 22.9 Å². The van der Waals surface area contributed by atoms with Gasteiger partial charge >= 0.3 is 0 Å². The molecule has 1 unspecified atom stereocenters. The van der Waals surface area contributed by atoms with Crippen molar-refractivity contribution < 1.29 is 9.50 Å². The summed E-state index contributed by atoms with van der Waals surface area (Å²) in [5.74, 6) is 0. The van der Waals surface area contributed by atoms with Gasteiger partial charge in [0.25, 0.3) is 0 Å². The Balaban J connectivity index is 2.20. The van der Waals surface area contributed by atoms with E-state index in [4.69, 9.17) is 23.2 Å². The predicted octanol–water partition coefficient (Wildman–Crippen LogP) is 3.94. The first kappa shape index (κ1) is 18.2. The molecule has 23 heavy (non-hydrogen) atoms. The van der Waals surface area contributed by atoms with Crippen LogP contribution >= 0.6 is 23.2 Å². The molecule has 0 aliphatic rings. The summed E-state index contributed by atoms with van der Waals surface area (Å²) in [5, 5.41) is 16.2. The largest absolute Gasteiger partial charge is 0.387 e. The van der Waals surface area contributed by atoms with Gasteiger partial charge in [-0.25, -0.2) is 4.98 Å². The maximum Gasteiger partial charge on any atom is 0.137 e. The van der Waals surface area contributed by atoms with E-state index in [2.05, 4.69) is 10.1 Å². The second kappa shape index (κ2) is 7.16. The number of benzene rings is 1. The third kappa shape index (κ3) is 4.22. The molecule has 1 heterocycles. The lowest BCUT2D eigenvalue weighted by atomic mass is 9.72. The van der Waals surface area contributed by atoms with Crippen LogP contribution in [0, 0.1) is 5.41 Å². The molecule has 7 heteroatoms. The number of halogens is 3. The van der Waals surface area contributed by atoms with Crippen molar-refractivity contribution in [2.45, 2.75) is 38.8 Å². The maximum absolute atomic E-state index is 13.5. The van der Waals surface area contributed by atoms with E-state index in [1.165, 1.54) is 17.3 Å². The molecule has 2 aromatic rings. The van der Waals surface area contributed by atoms with Crippen molar-refractivity contribution >= 4 is 23.2 Å². The molecule has 0 fully saturated rings. The van der Waals surface area contributed by atoms with Crippen LogP contribution in [-0.4, -0.2) is 32.1 Å². The van der Waals surface area contributed by atoms with E-state index in [1.54, 1.807) is 26.0 Å². The van der Waals surface area contributed by atoms with E-state index in [1.807, 2.05) is 6.07 Å². The molecule has 1 N–H and O–H groups in total. The summed E-state index contributed by atoms with van der Waals surface area (Å²) in [6.07, 6.45) is 3.74. The van der Waals surface area contributed by atoms with Crippen LogP contribution in [0.3, 0.4) is 0 Å². The van der Waals surface area contributed by atoms with E-state index in [9.17, 15) is 9.50 Å². The van der Waals surface area contributed by atoms with Crippen molar-refractivity contribution in [1.82, 2.24) is 14.8 Å². The van der Waals surface area contributed by atoms with E-state index in [-0.39, 0.29) is 6.54 Å². The average molecular weight is 360 g/mol. The molecule has 1 aromatic heterocycles. The van der Waals surface area contributed by atoms with Crippen LogP contribution in [0.1, 0.15) is 25.8 Å². The Hall–Kier alpha value is -1.17. The van der Waals surface area contributed by atoms with Crippen LogP contribution in [0.25, 0.3) is 0 Å². The van der Waals surface area contributed by atoms with E-state index < -0.39 is 17.7 Å². The van der Waals surface area contributed by atoms with Gasteiger partial charge in [-0.05, 0) is 30.5 Å². The number of nitrogens with zero attached hydrogens (tertiary/aromatic N) is 3. The number of aryl methyl sites for hydroxylation is 1. The van der Waals surface area contributed by atoms with E-state index >= 15 is 0 Å². The van der Waals surface area contributed by atoms with Crippen molar-refractivity contribution in [3.05, 3.63) is 46.5 Å². The van der Waals surface area contributed by atoms with Crippen LogP contribution in [-0.2, 0) is 13.0 Å². The highest BCUT2D eigenvalue weighted by molar-refractivity contribution is 6.35. The second-order valence-electron chi connectivity index (χ2n) is 6.38. The number of alkyl halides is 1. The minimum absolute atomic E-state index is 0.162. The number of hydrogen-bond acceptors (Lipinski definition) is 3. The highest BCUT2D eigenvalue weighted by Crippen LogP contribution is 2.37. The zero-order valence-corrected chi connectivity index (χ0v) is 14.6. The van der Waals surface area contributed by atoms with Gasteiger partial charge in [0.2, 0.25) is 0 Å². The van der Waals surface area contributed by atoms with Gasteiger partial charge in [-0.15, -0.1) is 0 Å². The molecule has 0 saturated carbocycles. The molecule has 4 nitrogen and oxygen atoms in total. The fraction of sp³-hybridized carbons (Fsp3) is 0.500. The molecular weight excluding hydrogens is 340 g/mol. The smallest absolute Gasteiger partial charge is 0.137 e. The third-order valence-electron chi connectivity index (χ3n) is 4.31. The first-order chi connectivity index (χ1) is 10.8. The minimum Gasteiger partial charge on any atom is -0.387 e. The topological polar surface area (TPSA) is 50.9 Å². The molecule has 0 amide bonds. The summed E-state index contributed by atoms with van der Waals surface area (Å²) in [4.78, 5) is 3.87. The van der Waals surface area contributed by atoms with Crippen LogP contribution in [0.5, 0.6) is 0 Å². The Bertz CT molecular complexity index is 649. The molecule has 1 atom stereocenters. The van der Waals surface area contributed by atoms with Crippen molar-refractivity contribution in [3.8, 4) is 0 Å². The van der Waals surface area contributed by atoms with Gasteiger partial charge in [-0.1, -0.05) is 43.1 Å². The molecule has 126 valence electrons. The zero-order chi connectivity index (χ0) is 17.1. The SMILES string of the molecule is CC(C)(CF)C(O)(CCc1ccc(Cl)cc1Cl)Cn1cncn1. The first-order valence-corrected chi connectivity index (χ1v) is 8.08. The Morgan fingerprint density at radius 1 is 1.30 bits per heavy atom. The molecule has 1 aromatic carbocycles. The normalized spacial score (nSPS) is 14.7. The average Bonchev–Trinajstić information content (AvgIpc) is 2.99. The Labute approximate surface area is 145 Å². The molecular formula is C16H20Cl2FN3O. The van der Waals surface area contributed by atoms with Crippen LogP contribution in [0.2, 0.25) is 10.0 Å². The molecule has 0 aliphatic heterocycles. The van der Waals surface area contributed by atoms with Crippen molar-refractivity contribution in [2.75, 3.05) is 6.67 Å². The number of aromatic nitrogens is 3. The number of aliphatic hydroxyl groups is 1. The summed E-state index contributed by atoms with van der Waals surface area (Å²) < 4.78 is 15.0. The number of hydrogen-bond donors (Lipinski definition) is 1. The zero-order valence-electron chi connectivity index (χ0n) is 13.1. The highest BCUT2D eigenvalue weighted by Gasteiger charge is 2.44. The van der Waals surface area contributed by atoms with E-state index in [0.717, 1.165) is 5.56 Å². The fourth-order valence-electron chi connectivity index (χ4n) is 2.40. The standard InChI is InChI=1S/C16H20Cl2FN3O/c1-15(2,8-19)16(23,9-22-11-20-10-21-22)6-5-12-3-4-13(17)7-14(12)18/h3-4,7,10-11,23H,5-6,8-9H2,1-2H3. The maximum atomic E-state index is 13.5. The lowest BCUT2D eigenvalue weighted by molar-refractivity contribution is -0.0971. The first-order valence-electron chi connectivity index (χ1n) is 7.32. The molecule has 0 radical (unpaired) electrons. The fourth-order valence-corrected chi connectivity index (χ4v) is 2.91. The molecule has 0 aliphatic carbocycles. The van der Waals surface area contributed by atoms with Gasteiger partial charge in [0, 0.05) is 15.5 Å². The van der Waals surface area contributed by atoms with Crippen molar-refractivity contribution in [3.63, 3.8) is 0 Å². The predicted molar refractivity (Wildman–Crippen MR) is 89.5 cm³/mol. The van der Waals surface area contributed by atoms with Crippen LogP contribution < -0.4 is 0 Å². The summed E-state index contributed by atoms with van der Waals surface area (Å²) in [5.41, 5.74) is -1.36. The molecule has 0 saturated heterocycles. The lowest BCUT2D eigenvalue weighted by Gasteiger charge is -2.41. The van der Waals surface area contributed by atoms with Gasteiger partial charge in [-0.3, -0.25) is 9.07 Å².